The van der Waals surface area contributed by atoms with E-state index in [9.17, 15) is 0 Å². The van der Waals surface area contributed by atoms with E-state index in [2.05, 4.69) is 51.8 Å². The van der Waals surface area contributed by atoms with Crippen molar-refractivity contribution < 1.29 is 0 Å². The zero-order valence-corrected chi connectivity index (χ0v) is 14.2. The summed E-state index contributed by atoms with van der Waals surface area (Å²) in [4.78, 5) is 3.78. The summed E-state index contributed by atoms with van der Waals surface area (Å²) in [5, 5.41) is 2.14. The van der Waals surface area contributed by atoms with Crippen LogP contribution >= 0.6 is 27.3 Å². The highest BCUT2D eigenvalue weighted by Gasteiger charge is 2.41. The van der Waals surface area contributed by atoms with Crippen LogP contribution in [0.25, 0.3) is 0 Å². The molecule has 1 aromatic rings. The second kappa shape index (κ2) is 6.68. The van der Waals surface area contributed by atoms with Crippen molar-refractivity contribution in [1.29, 1.82) is 0 Å². The molecule has 1 heterocycles. The van der Waals surface area contributed by atoms with Crippen molar-refractivity contribution in [3.8, 4) is 0 Å². The van der Waals surface area contributed by atoms with Gasteiger partial charge in [0.1, 0.15) is 0 Å². The summed E-state index contributed by atoms with van der Waals surface area (Å²) in [5.74, 6) is 5.90. The maximum Gasteiger partial charge on any atom is 0.0442 e. The molecule has 3 nitrogen and oxygen atoms in total. The molecule has 5 heteroatoms. The number of rotatable bonds is 5. The van der Waals surface area contributed by atoms with Gasteiger partial charge in [0, 0.05) is 32.7 Å². The third-order valence-corrected chi connectivity index (χ3v) is 6.21. The van der Waals surface area contributed by atoms with Crippen molar-refractivity contribution in [2.45, 2.75) is 50.1 Å². The van der Waals surface area contributed by atoms with E-state index < -0.39 is 0 Å². The molecule has 0 saturated heterocycles. The molecule has 108 valence electrons. The lowest BCUT2D eigenvalue weighted by atomic mass is 9.74. The van der Waals surface area contributed by atoms with Crippen molar-refractivity contribution in [3.05, 3.63) is 20.8 Å². The standard InChI is InChI=1S/C14H24BrN3S/c1-18(2)14(6-4-3-5-7-14)13(17-16)9-12-8-11(15)10-19-12/h8,10,13,17H,3-7,9,16H2,1-2H3. The highest BCUT2D eigenvalue weighted by molar-refractivity contribution is 9.10. The molecule has 3 N–H and O–H groups in total. The molecule has 1 saturated carbocycles. The van der Waals surface area contributed by atoms with Crippen LogP contribution in [-0.2, 0) is 6.42 Å². The number of likely N-dealkylation sites (N-methyl/N-ethyl adjacent to an activating group) is 1. The summed E-state index contributed by atoms with van der Waals surface area (Å²) in [5.41, 5.74) is 3.30. The van der Waals surface area contributed by atoms with Crippen LogP contribution in [0.2, 0.25) is 0 Å². The second-order valence-corrected chi connectivity index (χ2v) is 7.62. The smallest absolute Gasteiger partial charge is 0.0442 e. The van der Waals surface area contributed by atoms with E-state index >= 15 is 0 Å². The highest BCUT2D eigenvalue weighted by atomic mass is 79.9. The van der Waals surface area contributed by atoms with Crippen LogP contribution in [0.1, 0.15) is 37.0 Å². The normalized spacial score (nSPS) is 20.7. The first-order valence-corrected chi connectivity index (χ1v) is 8.62. The van der Waals surface area contributed by atoms with Gasteiger partial charge in [0.25, 0.3) is 0 Å². The minimum atomic E-state index is 0.198. The predicted molar refractivity (Wildman–Crippen MR) is 86.3 cm³/mol. The Balaban J connectivity index is 2.17. The van der Waals surface area contributed by atoms with E-state index in [1.54, 1.807) is 11.3 Å². The first-order valence-electron chi connectivity index (χ1n) is 6.95. The summed E-state index contributed by atoms with van der Waals surface area (Å²) in [7, 11) is 4.39. The van der Waals surface area contributed by atoms with Gasteiger partial charge in [-0.3, -0.25) is 11.3 Å². The van der Waals surface area contributed by atoms with Crippen molar-refractivity contribution in [2.24, 2.45) is 5.84 Å². The van der Waals surface area contributed by atoms with Crippen LogP contribution in [0.5, 0.6) is 0 Å². The molecule has 1 aromatic heterocycles. The second-order valence-electron chi connectivity index (χ2n) is 5.71. The van der Waals surface area contributed by atoms with E-state index in [0.717, 1.165) is 6.42 Å². The summed E-state index contributed by atoms with van der Waals surface area (Å²) < 4.78 is 1.17. The minimum Gasteiger partial charge on any atom is -0.302 e. The van der Waals surface area contributed by atoms with E-state index in [1.165, 1.54) is 41.5 Å². The van der Waals surface area contributed by atoms with Crippen LogP contribution < -0.4 is 11.3 Å². The molecular weight excluding hydrogens is 322 g/mol. The van der Waals surface area contributed by atoms with E-state index in [-0.39, 0.29) is 5.54 Å². The lowest BCUT2D eigenvalue weighted by Crippen LogP contribution is -2.62. The number of thiophene rings is 1. The van der Waals surface area contributed by atoms with Crippen molar-refractivity contribution in [3.63, 3.8) is 0 Å². The fourth-order valence-electron chi connectivity index (χ4n) is 3.34. The SMILES string of the molecule is CN(C)C1(C(Cc2cc(Br)cs2)NN)CCCCC1. The first kappa shape index (κ1) is 15.4. The van der Waals surface area contributed by atoms with E-state index in [1.807, 2.05) is 0 Å². The third kappa shape index (κ3) is 3.39. The van der Waals surface area contributed by atoms with Crippen LogP contribution in [0.3, 0.4) is 0 Å². The lowest BCUT2D eigenvalue weighted by Gasteiger charge is -2.48. The Morgan fingerprint density at radius 1 is 1.42 bits per heavy atom. The molecule has 0 spiro atoms. The Labute approximate surface area is 128 Å². The van der Waals surface area contributed by atoms with E-state index in [0.29, 0.717) is 6.04 Å². The Kier molecular flexibility index (Phi) is 5.43. The van der Waals surface area contributed by atoms with Gasteiger partial charge in [-0.15, -0.1) is 11.3 Å². The fraction of sp³-hybridized carbons (Fsp3) is 0.714. The maximum atomic E-state index is 5.90. The molecule has 19 heavy (non-hydrogen) atoms. The molecule has 0 aliphatic heterocycles. The molecular formula is C14H24BrN3S. The predicted octanol–water partition coefficient (Wildman–Crippen LogP) is 3.15. The molecule has 1 aliphatic carbocycles. The number of hydrazine groups is 1. The van der Waals surface area contributed by atoms with Gasteiger partial charge < -0.3 is 4.90 Å². The van der Waals surface area contributed by atoms with Gasteiger partial charge in [0.2, 0.25) is 0 Å². The first-order chi connectivity index (χ1) is 9.08. The molecule has 1 fully saturated rings. The summed E-state index contributed by atoms with van der Waals surface area (Å²) in [6.07, 6.45) is 7.46. The van der Waals surface area contributed by atoms with Gasteiger partial charge >= 0.3 is 0 Å². The third-order valence-electron chi connectivity index (χ3n) is 4.49. The maximum absolute atomic E-state index is 5.90. The molecule has 0 bridgehead atoms. The van der Waals surface area contributed by atoms with Gasteiger partial charge in [0.05, 0.1) is 0 Å². The Morgan fingerprint density at radius 2 is 2.11 bits per heavy atom. The van der Waals surface area contributed by atoms with Crippen LogP contribution in [0, 0.1) is 0 Å². The molecule has 2 rings (SSSR count). The fourth-order valence-corrected chi connectivity index (χ4v) is 4.84. The quantitative estimate of drug-likeness (QED) is 0.636. The van der Waals surface area contributed by atoms with Crippen molar-refractivity contribution in [1.82, 2.24) is 10.3 Å². The largest absolute Gasteiger partial charge is 0.302 e. The van der Waals surface area contributed by atoms with Crippen molar-refractivity contribution >= 4 is 27.3 Å². The Hall–Kier alpha value is 0.0600. The van der Waals surface area contributed by atoms with Gasteiger partial charge in [-0.1, -0.05) is 19.3 Å². The minimum absolute atomic E-state index is 0.198. The van der Waals surface area contributed by atoms with Gasteiger partial charge in [0.15, 0.2) is 0 Å². The van der Waals surface area contributed by atoms with Crippen LogP contribution in [-0.4, -0.2) is 30.6 Å². The number of hydrogen-bond donors (Lipinski definition) is 2. The number of hydrogen-bond acceptors (Lipinski definition) is 4. The molecule has 1 atom stereocenters. The molecule has 1 aliphatic rings. The Morgan fingerprint density at radius 3 is 2.58 bits per heavy atom. The molecule has 1 unspecified atom stereocenters. The molecule has 0 aromatic carbocycles. The lowest BCUT2D eigenvalue weighted by molar-refractivity contribution is 0.0572. The van der Waals surface area contributed by atoms with Gasteiger partial charge in [-0.05, 0) is 48.9 Å². The topological polar surface area (TPSA) is 41.3 Å². The van der Waals surface area contributed by atoms with Crippen molar-refractivity contribution in [2.75, 3.05) is 14.1 Å². The Bertz CT molecular complexity index is 399. The zero-order chi connectivity index (χ0) is 13.9. The number of nitrogens with zero attached hydrogens (tertiary/aromatic N) is 1. The average molecular weight is 346 g/mol. The highest BCUT2D eigenvalue weighted by Crippen LogP contribution is 2.36. The van der Waals surface area contributed by atoms with Gasteiger partial charge in [-0.2, -0.15) is 0 Å². The number of halogens is 1. The average Bonchev–Trinajstić information content (AvgIpc) is 2.82. The molecule has 0 amide bonds. The van der Waals surface area contributed by atoms with Gasteiger partial charge in [-0.25, -0.2) is 0 Å². The number of nitrogens with two attached hydrogens (primary N) is 1. The summed E-state index contributed by atoms with van der Waals surface area (Å²) in [6, 6.07) is 2.52. The van der Waals surface area contributed by atoms with Crippen LogP contribution in [0.4, 0.5) is 0 Å². The number of nitrogens with one attached hydrogen (secondary N) is 1. The van der Waals surface area contributed by atoms with Crippen LogP contribution in [0.15, 0.2) is 15.9 Å². The zero-order valence-electron chi connectivity index (χ0n) is 11.8. The molecule has 0 radical (unpaired) electrons. The monoisotopic (exact) mass is 345 g/mol. The summed E-state index contributed by atoms with van der Waals surface area (Å²) in [6.45, 7) is 0. The summed E-state index contributed by atoms with van der Waals surface area (Å²) >= 11 is 5.34. The van der Waals surface area contributed by atoms with E-state index in [4.69, 9.17) is 5.84 Å².